The van der Waals surface area contributed by atoms with Crippen molar-refractivity contribution in [2.24, 2.45) is 0 Å². The summed E-state index contributed by atoms with van der Waals surface area (Å²) in [5.41, 5.74) is 2.48. The number of hydrogen-bond donors (Lipinski definition) is 1. The molecular formula is C18H17NOS. The molecule has 3 aromatic rings. The van der Waals surface area contributed by atoms with Crippen LogP contribution in [0.5, 0.6) is 5.75 Å². The summed E-state index contributed by atoms with van der Waals surface area (Å²) in [5.74, 6) is 1.04. The van der Waals surface area contributed by atoms with E-state index in [1.54, 1.807) is 0 Å². The van der Waals surface area contributed by atoms with E-state index in [1.165, 1.54) is 26.2 Å². The van der Waals surface area contributed by atoms with Crippen LogP contribution in [0.4, 0.5) is 5.69 Å². The number of anilines is 1. The third-order valence-electron chi connectivity index (χ3n) is 3.94. The molecule has 1 unspecified atom stereocenters. The Morgan fingerprint density at radius 3 is 2.95 bits per heavy atom. The first-order chi connectivity index (χ1) is 10.3. The van der Waals surface area contributed by atoms with Crippen LogP contribution in [0.2, 0.25) is 0 Å². The normalized spacial score (nSPS) is 14.7. The van der Waals surface area contributed by atoms with Crippen molar-refractivity contribution in [1.82, 2.24) is 0 Å². The lowest BCUT2D eigenvalue weighted by Gasteiger charge is -2.14. The zero-order valence-corrected chi connectivity index (χ0v) is 12.7. The Balaban J connectivity index is 1.58. The Hall–Kier alpha value is -2.00. The Bertz CT molecular complexity index is 760. The molecule has 0 radical (unpaired) electrons. The predicted octanol–water partition coefficient (Wildman–Crippen LogP) is 5.01. The van der Waals surface area contributed by atoms with Crippen LogP contribution in [0.1, 0.15) is 23.4 Å². The van der Waals surface area contributed by atoms with Crippen molar-refractivity contribution in [3.8, 4) is 5.75 Å². The van der Waals surface area contributed by atoms with Gasteiger partial charge in [-0.2, -0.15) is 0 Å². The van der Waals surface area contributed by atoms with Crippen molar-refractivity contribution in [2.75, 3.05) is 11.9 Å². The lowest BCUT2D eigenvalue weighted by molar-refractivity contribution is 0.357. The lowest BCUT2D eigenvalue weighted by Crippen LogP contribution is -2.04. The molecule has 1 atom stereocenters. The van der Waals surface area contributed by atoms with Crippen LogP contribution in [0.15, 0.2) is 48.5 Å². The van der Waals surface area contributed by atoms with Gasteiger partial charge in [-0.15, -0.1) is 11.3 Å². The summed E-state index contributed by atoms with van der Waals surface area (Å²) in [5, 5.41) is 4.93. The number of fused-ring (bicyclic) bond motifs is 2. The molecule has 4 rings (SSSR count). The van der Waals surface area contributed by atoms with Crippen LogP contribution in [0.3, 0.4) is 0 Å². The first kappa shape index (κ1) is 12.7. The van der Waals surface area contributed by atoms with E-state index < -0.39 is 0 Å². The maximum atomic E-state index is 5.56. The first-order valence-corrected chi connectivity index (χ1v) is 8.12. The van der Waals surface area contributed by atoms with Gasteiger partial charge < -0.3 is 10.1 Å². The second-order valence-corrected chi connectivity index (χ2v) is 6.59. The second kappa shape index (κ2) is 5.08. The lowest BCUT2D eigenvalue weighted by atomic mass is 10.1. The van der Waals surface area contributed by atoms with E-state index in [4.69, 9.17) is 4.74 Å². The van der Waals surface area contributed by atoms with Crippen LogP contribution in [0.25, 0.3) is 10.1 Å². The maximum Gasteiger partial charge on any atom is 0.122 e. The average Bonchev–Trinajstić information content (AvgIpc) is 3.13. The van der Waals surface area contributed by atoms with Crippen LogP contribution < -0.4 is 10.1 Å². The van der Waals surface area contributed by atoms with E-state index in [9.17, 15) is 0 Å². The van der Waals surface area contributed by atoms with E-state index in [0.29, 0.717) is 6.04 Å². The smallest absolute Gasteiger partial charge is 0.122 e. The fourth-order valence-electron chi connectivity index (χ4n) is 2.81. The predicted molar refractivity (Wildman–Crippen MR) is 89.5 cm³/mol. The van der Waals surface area contributed by atoms with Crippen LogP contribution in [-0.4, -0.2) is 6.61 Å². The Labute approximate surface area is 128 Å². The molecule has 21 heavy (non-hydrogen) atoms. The standard InChI is InChI=1S/C18H17NOS/c1-12(18-11-14-4-2-3-5-17(14)21-18)19-15-6-7-16-13(10-15)8-9-20-16/h2-7,10-12,19H,8-9H2,1H3. The molecule has 1 aromatic heterocycles. The zero-order valence-electron chi connectivity index (χ0n) is 11.9. The minimum Gasteiger partial charge on any atom is -0.493 e. The van der Waals surface area contributed by atoms with Gasteiger partial charge in [-0.1, -0.05) is 18.2 Å². The average molecular weight is 295 g/mol. The molecule has 0 spiro atoms. The third kappa shape index (κ3) is 2.38. The van der Waals surface area contributed by atoms with Gasteiger partial charge in [0.1, 0.15) is 5.75 Å². The monoisotopic (exact) mass is 295 g/mol. The quantitative estimate of drug-likeness (QED) is 0.733. The van der Waals surface area contributed by atoms with E-state index in [1.807, 2.05) is 11.3 Å². The number of nitrogens with one attached hydrogen (secondary N) is 1. The van der Waals surface area contributed by atoms with Gasteiger partial charge in [0, 0.05) is 21.7 Å². The van der Waals surface area contributed by atoms with Gasteiger partial charge in [-0.25, -0.2) is 0 Å². The minimum atomic E-state index is 0.308. The van der Waals surface area contributed by atoms with Crippen LogP contribution in [-0.2, 0) is 6.42 Å². The van der Waals surface area contributed by atoms with Crippen molar-refractivity contribution in [3.05, 3.63) is 59.0 Å². The van der Waals surface area contributed by atoms with Crippen LogP contribution >= 0.6 is 11.3 Å². The van der Waals surface area contributed by atoms with Gasteiger partial charge >= 0.3 is 0 Å². The number of hydrogen-bond acceptors (Lipinski definition) is 3. The van der Waals surface area contributed by atoms with Crippen molar-refractivity contribution in [3.63, 3.8) is 0 Å². The maximum absolute atomic E-state index is 5.56. The fraction of sp³-hybridized carbons (Fsp3) is 0.222. The molecule has 1 N–H and O–H groups in total. The number of thiophene rings is 1. The number of benzene rings is 2. The Morgan fingerprint density at radius 2 is 2.05 bits per heavy atom. The summed E-state index contributed by atoms with van der Waals surface area (Å²) in [6, 6.07) is 17.5. The van der Waals surface area contributed by atoms with Gasteiger partial charge in [0.2, 0.25) is 0 Å². The molecule has 3 heteroatoms. The topological polar surface area (TPSA) is 21.3 Å². The zero-order chi connectivity index (χ0) is 14.2. The van der Waals surface area contributed by atoms with E-state index in [0.717, 1.165) is 18.8 Å². The van der Waals surface area contributed by atoms with E-state index >= 15 is 0 Å². The van der Waals surface area contributed by atoms with Crippen molar-refractivity contribution >= 4 is 27.1 Å². The molecule has 0 saturated carbocycles. The molecule has 0 bridgehead atoms. The summed E-state index contributed by atoms with van der Waals surface area (Å²) in [6.45, 7) is 3.03. The summed E-state index contributed by atoms with van der Waals surface area (Å²) >= 11 is 1.86. The van der Waals surface area contributed by atoms with E-state index in [-0.39, 0.29) is 0 Å². The molecule has 2 heterocycles. The molecule has 0 saturated heterocycles. The first-order valence-electron chi connectivity index (χ1n) is 7.30. The molecule has 106 valence electrons. The highest BCUT2D eigenvalue weighted by molar-refractivity contribution is 7.19. The minimum absolute atomic E-state index is 0.308. The number of rotatable bonds is 3. The highest BCUT2D eigenvalue weighted by Crippen LogP contribution is 2.33. The van der Waals surface area contributed by atoms with Crippen LogP contribution in [0, 0.1) is 0 Å². The van der Waals surface area contributed by atoms with Crippen molar-refractivity contribution < 1.29 is 4.74 Å². The molecule has 2 nitrogen and oxygen atoms in total. The summed E-state index contributed by atoms with van der Waals surface area (Å²) in [4.78, 5) is 1.37. The molecule has 0 aliphatic carbocycles. The third-order valence-corrected chi connectivity index (χ3v) is 5.24. The van der Waals surface area contributed by atoms with Gasteiger partial charge in [0.15, 0.2) is 0 Å². The SMILES string of the molecule is CC(Nc1ccc2c(c1)CCO2)c1cc2ccccc2s1. The molecule has 0 amide bonds. The summed E-state index contributed by atoms with van der Waals surface area (Å²) in [7, 11) is 0. The molecular weight excluding hydrogens is 278 g/mol. The molecule has 1 aliphatic rings. The second-order valence-electron chi connectivity index (χ2n) is 5.47. The van der Waals surface area contributed by atoms with E-state index in [2.05, 4.69) is 60.8 Å². The van der Waals surface area contributed by atoms with Crippen molar-refractivity contribution in [2.45, 2.75) is 19.4 Å². The largest absolute Gasteiger partial charge is 0.493 e. The summed E-state index contributed by atoms with van der Waals surface area (Å²) in [6.07, 6.45) is 1.02. The van der Waals surface area contributed by atoms with Gasteiger partial charge in [-0.3, -0.25) is 0 Å². The molecule has 1 aliphatic heterocycles. The Kier molecular flexibility index (Phi) is 3.08. The van der Waals surface area contributed by atoms with Gasteiger partial charge in [0.25, 0.3) is 0 Å². The fourth-order valence-corrected chi connectivity index (χ4v) is 3.88. The van der Waals surface area contributed by atoms with Gasteiger partial charge in [-0.05, 0) is 48.2 Å². The highest BCUT2D eigenvalue weighted by atomic mass is 32.1. The summed E-state index contributed by atoms with van der Waals surface area (Å²) < 4.78 is 6.91. The Morgan fingerprint density at radius 1 is 1.14 bits per heavy atom. The highest BCUT2D eigenvalue weighted by Gasteiger charge is 2.14. The van der Waals surface area contributed by atoms with Crippen molar-refractivity contribution in [1.29, 1.82) is 0 Å². The van der Waals surface area contributed by atoms with Gasteiger partial charge in [0.05, 0.1) is 12.6 Å². The number of ether oxygens (including phenoxy) is 1. The molecule has 0 fully saturated rings. The molecule has 2 aromatic carbocycles.